The SMILES string of the molecule is Cc1cc(CN2CC(C(C)C)NCC2CC(C)C)n(C)n1. The molecule has 4 nitrogen and oxygen atoms in total. The summed E-state index contributed by atoms with van der Waals surface area (Å²) in [5.74, 6) is 1.42. The van der Waals surface area contributed by atoms with E-state index < -0.39 is 0 Å². The third-order valence-electron chi connectivity index (χ3n) is 4.58. The van der Waals surface area contributed by atoms with Crippen LogP contribution in [-0.4, -0.2) is 39.9 Å². The van der Waals surface area contributed by atoms with Gasteiger partial charge in [-0.1, -0.05) is 27.7 Å². The van der Waals surface area contributed by atoms with Crippen LogP contribution in [0, 0.1) is 18.8 Å². The second-order valence-electron chi connectivity index (χ2n) is 7.37. The fourth-order valence-electron chi connectivity index (χ4n) is 3.32. The van der Waals surface area contributed by atoms with Crippen molar-refractivity contribution in [3.8, 4) is 0 Å². The summed E-state index contributed by atoms with van der Waals surface area (Å²) in [6, 6.07) is 3.46. The maximum absolute atomic E-state index is 4.49. The van der Waals surface area contributed by atoms with E-state index in [0.29, 0.717) is 18.0 Å². The van der Waals surface area contributed by atoms with Crippen LogP contribution in [0.25, 0.3) is 0 Å². The van der Waals surface area contributed by atoms with Crippen LogP contribution in [-0.2, 0) is 13.6 Å². The minimum absolute atomic E-state index is 0.600. The summed E-state index contributed by atoms with van der Waals surface area (Å²) in [5.41, 5.74) is 2.44. The van der Waals surface area contributed by atoms with E-state index in [-0.39, 0.29) is 0 Å². The van der Waals surface area contributed by atoms with Crippen molar-refractivity contribution in [1.29, 1.82) is 0 Å². The first kappa shape index (κ1) is 16.5. The van der Waals surface area contributed by atoms with Crippen LogP contribution in [0.5, 0.6) is 0 Å². The van der Waals surface area contributed by atoms with Crippen LogP contribution in [0.1, 0.15) is 45.5 Å². The number of nitrogens with one attached hydrogen (secondary N) is 1. The van der Waals surface area contributed by atoms with Crippen LogP contribution in [0.2, 0.25) is 0 Å². The average Bonchev–Trinajstić information content (AvgIpc) is 2.69. The van der Waals surface area contributed by atoms with Gasteiger partial charge in [-0.2, -0.15) is 5.10 Å². The Kier molecular flexibility index (Phi) is 5.44. The van der Waals surface area contributed by atoms with Gasteiger partial charge in [0.15, 0.2) is 0 Å². The molecule has 0 bridgehead atoms. The van der Waals surface area contributed by atoms with Crippen LogP contribution in [0.3, 0.4) is 0 Å². The van der Waals surface area contributed by atoms with E-state index in [1.54, 1.807) is 0 Å². The molecule has 2 rings (SSSR count). The van der Waals surface area contributed by atoms with E-state index in [0.717, 1.165) is 31.2 Å². The summed E-state index contributed by atoms with van der Waals surface area (Å²) in [6.07, 6.45) is 1.26. The van der Waals surface area contributed by atoms with Crippen molar-refractivity contribution >= 4 is 0 Å². The van der Waals surface area contributed by atoms with Gasteiger partial charge in [-0.05, 0) is 31.2 Å². The number of nitrogens with zero attached hydrogens (tertiary/aromatic N) is 3. The van der Waals surface area contributed by atoms with Crippen molar-refractivity contribution in [3.63, 3.8) is 0 Å². The molecule has 1 saturated heterocycles. The maximum Gasteiger partial charge on any atom is 0.0597 e. The van der Waals surface area contributed by atoms with Crippen molar-refractivity contribution in [3.05, 3.63) is 17.5 Å². The number of rotatable bonds is 5. The number of aryl methyl sites for hydroxylation is 2. The molecule has 2 atom stereocenters. The van der Waals surface area contributed by atoms with E-state index in [1.807, 2.05) is 4.68 Å². The molecule has 2 heterocycles. The van der Waals surface area contributed by atoms with Gasteiger partial charge in [0, 0.05) is 38.8 Å². The largest absolute Gasteiger partial charge is 0.311 e. The average molecular weight is 292 g/mol. The maximum atomic E-state index is 4.49. The molecule has 1 aliphatic rings. The third-order valence-corrected chi connectivity index (χ3v) is 4.58. The van der Waals surface area contributed by atoms with E-state index in [4.69, 9.17) is 0 Å². The highest BCUT2D eigenvalue weighted by molar-refractivity contribution is 5.09. The highest BCUT2D eigenvalue weighted by atomic mass is 15.3. The molecule has 120 valence electrons. The first-order valence-corrected chi connectivity index (χ1v) is 8.33. The Hall–Kier alpha value is -0.870. The van der Waals surface area contributed by atoms with Crippen LogP contribution >= 0.6 is 0 Å². The van der Waals surface area contributed by atoms with Crippen LogP contribution in [0.15, 0.2) is 6.07 Å². The van der Waals surface area contributed by atoms with E-state index >= 15 is 0 Å². The molecule has 0 saturated carbocycles. The molecule has 4 heteroatoms. The van der Waals surface area contributed by atoms with Crippen molar-refractivity contribution in [1.82, 2.24) is 20.0 Å². The minimum Gasteiger partial charge on any atom is -0.311 e. The first-order chi connectivity index (χ1) is 9.86. The molecule has 1 aromatic heterocycles. The molecule has 0 spiro atoms. The monoisotopic (exact) mass is 292 g/mol. The second kappa shape index (κ2) is 6.93. The Labute approximate surface area is 129 Å². The molecule has 1 fully saturated rings. The Morgan fingerprint density at radius 2 is 2.05 bits per heavy atom. The third kappa shape index (κ3) is 4.30. The number of hydrogen-bond acceptors (Lipinski definition) is 3. The van der Waals surface area contributed by atoms with Gasteiger partial charge < -0.3 is 5.32 Å². The first-order valence-electron chi connectivity index (χ1n) is 8.33. The second-order valence-corrected chi connectivity index (χ2v) is 7.37. The van der Waals surface area contributed by atoms with Gasteiger partial charge in [0.25, 0.3) is 0 Å². The van der Waals surface area contributed by atoms with Crippen molar-refractivity contribution in [2.75, 3.05) is 13.1 Å². The predicted octanol–water partition coefficient (Wildman–Crippen LogP) is 2.57. The predicted molar refractivity (Wildman–Crippen MR) is 88.2 cm³/mol. The van der Waals surface area contributed by atoms with Gasteiger partial charge in [-0.3, -0.25) is 9.58 Å². The molecular weight excluding hydrogens is 260 g/mol. The number of aromatic nitrogens is 2. The summed E-state index contributed by atoms with van der Waals surface area (Å²) in [5, 5.41) is 8.24. The molecular formula is C17H32N4. The smallest absolute Gasteiger partial charge is 0.0597 e. The Bertz CT molecular complexity index is 450. The lowest BCUT2D eigenvalue weighted by atomic mass is 9.95. The molecule has 0 radical (unpaired) electrons. The summed E-state index contributed by atoms with van der Waals surface area (Å²) in [6.45, 7) is 14.6. The number of piperazine rings is 1. The molecule has 21 heavy (non-hydrogen) atoms. The van der Waals surface area contributed by atoms with Crippen molar-refractivity contribution in [2.24, 2.45) is 18.9 Å². The summed E-state index contributed by atoms with van der Waals surface area (Å²) >= 11 is 0. The summed E-state index contributed by atoms with van der Waals surface area (Å²) in [4.78, 5) is 2.66. The lowest BCUT2D eigenvalue weighted by molar-refractivity contribution is 0.0900. The Balaban J connectivity index is 2.10. The van der Waals surface area contributed by atoms with Crippen molar-refractivity contribution < 1.29 is 0 Å². The quantitative estimate of drug-likeness (QED) is 0.905. The lowest BCUT2D eigenvalue weighted by Gasteiger charge is -2.42. The van der Waals surface area contributed by atoms with Gasteiger partial charge >= 0.3 is 0 Å². The van der Waals surface area contributed by atoms with Gasteiger partial charge in [0.05, 0.1) is 11.4 Å². The zero-order valence-electron chi connectivity index (χ0n) is 14.6. The lowest BCUT2D eigenvalue weighted by Crippen LogP contribution is -2.58. The Morgan fingerprint density at radius 1 is 1.33 bits per heavy atom. The standard InChI is InChI=1S/C17H32N4/c1-12(2)7-15-9-18-17(13(3)4)11-21(15)10-16-8-14(5)19-20(16)6/h8,12-13,15,17-18H,7,9-11H2,1-6H3. The molecule has 0 aromatic carbocycles. The van der Waals surface area contributed by atoms with E-state index in [1.165, 1.54) is 12.1 Å². The van der Waals surface area contributed by atoms with Gasteiger partial charge in [0.2, 0.25) is 0 Å². The minimum atomic E-state index is 0.600. The zero-order chi connectivity index (χ0) is 15.6. The molecule has 0 aliphatic carbocycles. The van der Waals surface area contributed by atoms with Crippen LogP contribution in [0.4, 0.5) is 0 Å². The highest BCUT2D eigenvalue weighted by Crippen LogP contribution is 2.20. The number of hydrogen-bond donors (Lipinski definition) is 1. The van der Waals surface area contributed by atoms with E-state index in [2.05, 4.69) is 63.0 Å². The van der Waals surface area contributed by atoms with Gasteiger partial charge in [-0.15, -0.1) is 0 Å². The molecule has 1 N–H and O–H groups in total. The summed E-state index contributed by atoms with van der Waals surface area (Å²) < 4.78 is 2.04. The molecule has 1 aromatic rings. The topological polar surface area (TPSA) is 33.1 Å². The zero-order valence-corrected chi connectivity index (χ0v) is 14.6. The molecule has 1 aliphatic heterocycles. The van der Waals surface area contributed by atoms with Crippen LogP contribution < -0.4 is 5.32 Å². The molecule has 2 unspecified atom stereocenters. The van der Waals surface area contributed by atoms with Gasteiger partial charge in [0.1, 0.15) is 0 Å². The fourth-order valence-corrected chi connectivity index (χ4v) is 3.32. The fraction of sp³-hybridized carbons (Fsp3) is 0.824. The Morgan fingerprint density at radius 3 is 2.57 bits per heavy atom. The highest BCUT2D eigenvalue weighted by Gasteiger charge is 2.30. The van der Waals surface area contributed by atoms with E-state index in [9.17, 15) is 0 Å². The molecule has 0 amide bonds. The summed E-state index contributed by atoms with van der Waals surface area (Å²) in [7, 11) is 2.06. The normalized spacial score (nSPS) is 24.2. The van der Waals surface area contributed by atoms with Gasteiger partial charge in [-0.25, -0.2) is 0 Å². The van der Waals surface area contributed by atoms with Crippen molar-refractivity contribution in [2.45, 2.75) is 59.7 Å².